The fraction of sp³-hybridized carbons (Fsp3) is 0.750. The number of hydrogen-bond acceptors (Lipinski definition) is 4. The Kier molecular flexibility index (Phi) is 4.59. The van der Waals surface area contributed by atoms with Gasteiger partial charge in [0.2, 0.25) is 0 Å². The van der Waals surface area contributed by atoms with Crippen LogP contribution in [0.25, 0.3) is 0 Å². The topological polar surface area (TPSA) is 78.1 Å². The molecule has 1 aromatic rings. The van der Waals surface area contributed by atoms with Crippen LogP contribution in [0.15, 0.2) is 5.03 Å². The number of sulfonamides is 1. The van der Waals surface area contributed by atoms with Crippen molar-refractivity contribution in [1.29, 1.82) is 0 Å². The minimum Gasteiger partial charge on any atom is -0.313 e. The molecule has 0 aromatic carbocycles. The summed E-state index contributed by atoms with van der Waals surface area (Å²) in [5.41, 5.74) is 1.58. The van der Waals surface area contributed by atoms with Gasteiger partial charge in [0, 0.05) is 30.9 Å². The maximum Gasteiger partial charge on any atom is 0.262 e. The number of aryl methyl sites for hydroxylation is 1. The first kappa shape index (κ1) is 14.5. The lowest BCUT2D eigenvalue weighted by Crippen LogP contribution is -2.29. The molecule has 1 aromatic heterocycles. The van der Waals surface area contributed by atoms with Gasteiger partial charge in [-0.1, -0.05) is 6.92 Å². The second-order valence-electron chi connectivity index (χ2n) is 4.92. The normalized spacial score (nSPS) is 17.2. The predicted octanol–water partition coefficient (Wildman–Crippen LogP) is 1.00. The number of aromatic amines is 1. The minimum atomic E-state index is -3.43. The highest BCUT2D eigenvalue weighted by Crippen LogP contribution is 2.23. The van der Waals surface area contributed by atoms with Crippen LogP contribution < -0.4 is 5.32 Å². The Morgan fingerprint density at radius 3 is 2.68 bits per heavy atom. The molecule has 1 saturated heterocycles. The third-order valence-electron chi connectivity index (χ3n) is 3.41. The van der Waals surface area contributed by atoms with E-state index in [4.69, 9.17) is 0 Å². The summed E-state index contributed by atoms with van der Waals surface area (Å²) < 4.78 is 26.6. The van der Waals surface area contributed by atoms with Gasteiger partial charge in [-0.2, -0.15) is 9.40 Å². The van der Waals surface area contributed by atoms with E-state index >= 15 is 0 Å². The number of hydrogen-bond donors (Lipinski definition) is 2. The Balaban J connectivity index is 2.23. The van der Waals surface area contributed by atoms with Crippen molar-refractivity contribution in [2.75, 3.05) is 19.6 Å². The van der Waals surface area contributed by atoms with Crippen LogP contribution in [0.1, 0.15) is 37.4 Å². The first-order valence-corrected chi connectivity index (χ1v) is 8.26. The molecule has 1 aliphatic rings. The van der Waals surface area contributed by atoms with Crippen molar-refractivity contribution in [3.05, 3.63) is 11.3 Å². The number of nitrogens with one attached hydrogen (secondary N) is 2. The molecule has 7 heteroatoms. The molecule has 1 aliphatic heterocycles. The lowest BCUT2D eigenvalue weighted by molar-refractivity contribution is 0.472. The van der Waals surface area contributed by atoms with Crippen molar-refractivity contribution < 1.29 is 8.42 Å². The van der Waals surface area contributed by atoms with Crippen molar-refractivity contribution in [2.24, 2.45) is 0 Å². The van der Waals surface area contributed by atoms with Gasteiger partial charge in [0.25, 0.3) is 10.0 Å². The molecule has 2 rings (SSSR count). The molecule has 0 bridgehead atoms. The van der Waals surface area contributed by atoms with Gasteiger partial charge >= 0.3 is 0 Å². The second-order valence-corrected chi connectivity index (χ2v) is 6.77. The average molecular weight is 286 g/mol. The quantitative estimate of drug-likeness (QED) is 0.765. The van der Waals surface area contributed by atoms with Crippen LogP contribution in [-0.4, -0.2) is 42.6 Å². The van der Waals surface area contributed by atoms with E-state index < -0.39 is 10.0 Å². The van der Waals surface area contributed by atoms with E-state index in [0.717, 1.165) is 37.1 Å². The lowest BCUT2D eigenvalue weighted by atomic mass is 10.2. The number of rotatable bonds is 6. The molecule has 2 N–H and O–H groups in total. The fourth-order valence-corrected chi connectivity index (χ4v) is 3.97. The zero-order valence-electron chi connectivity index (χ0n) is 11.6. The number of H-pyrrole nitrogens is 1. The van der Waals surface area contributed by atoms with Gasteiger partial charge in [0.15, 0.2) is 5.03 Å². The van der Waals surface area contributed by atoms with E-state index in [2.05, 4.69) is 22.4 Å². The van der Waals surface area contributed by atoms with Gasteiger partial charge in [-0.3, -0.25) is 5.10 Å². The summed E-state index contributed by atoms with van der Waals surface area (Å²) in [7, 11) is -3.43. The van der Waals surface area contributed by atoms with E-state index in [1.165, 1.54) is 4.31 Å². The molecule has 0 atom stereocenters. The predicted molar refractivity (Wildman–Crippen MR) is 73.3 cm³/mol. The Labute approximate surface area is 114 Å². The van der Waals surface area contributed by atoms with Crippen molar-refractivity contribution in [2.45, 2.75) is 44.7 Å². The molecule has 0 radical (unpaired) electrons. The third-order valence-corrected chi connectivity index (χ3v) is 5.29. The van der Waals surface area contributed by atoms with Crippen LogP contribution in [0.2, 0.25) is 0 Å². The second kappa shape index (κ2) is 6.02. The van der Waals surface area contributed by atoms with E-state index in [0.29, 0.717) is 19.6 Å². The highest BCUT2D eigenvalue weighted by Gasteiger charge is 2.32. The zero-order chi connectivity index (χ0) is 13.9. The summed E-state index contributed by atoms with van der Waals surface area (Å²) >= 11 is 0. The van der Waals surface area contributed by atoms with Gasteiger partial charge in [0.1, 0.15) is 0 Å². The van der Waals surface area contributed by atoms with Crippen LogP contribution >= 0.6 is 0 Å². The largest absolute Gasteiger partial charge is 0.313 e. The fourth-order valence-electron chi connectivity index (χ4n) is 2.29. The molecule has 0 spiro atoms. The van der Waals surface area contributed by atoms with Crippen LogP contribution in [0.3, 0.4) is 0 Å². The molecule has 0 saturated carbocycles. The molecule has 108 valence electrons. The SMILES string of the molecule is CCCNCc1c(S(=O)(=O)N2CCCC2)n[nH]c1C. The first-order valence-electron chi connectivity index (χ1n) is 6.82. The van der Waals surface area contributed by atoms with Gasteiger partial charge < -0.3 is 5.32 Å². The van der Waals surface area contributed by atoms with E-state index in [1.54, 1.807) is 0 Å². The minimum absolute atomic E-state index is 0.190. The smallest absolute Gasteiger partial charge is 0.262 e. The van der Waals surface area contributed by atoms with E-state index in [-0.39, 0.29) is 5.03 Å². The number of nitrogens with zero attached hydrogens (tertiary/aromatic N) is 2. The van der Waals surface area contributed by atoms with Gasteiger partial charge in [-0.25, -0.2) is 8.42 Å². The molecule has 2 heterocycles. The van der Waals surface area contributed by atoms with Crippen LogP contribution in [0, 0.1) is 6.92 Å². The highest BCUT2D eigenvalue weighted by molar-refractivity contribution is 7.89. The van der Waals surface area contributed by atoms with E-state index in [9.17, 15) is 8.42 Å². The Morgan fingerprint density at radius 1 is 1.37 bits per heavy atom. The Morgan fingerprint density at radius 2 is 2.05 bits per heavy atom. The van der Waals surface area contributed by atoms with Crippen LogP contribution in [-0.2, 0) is 16.6 Å². The van der Waals surface area contributed by atoms with Crippen LogP contribution in [0.5, 0.6) is 0 Å². The molecule has 1 fully saturated rings. The van der Waals surface area contributed by atoms with Gasteiger partial charge in [-0.15, -0.1) is 0 Å². The molecule has 0 amide bonds. The third kappa shape index (κ3) is 2.98. The Hall–Kier alpha value is -0.920. The summed E-state index contributed by atoms with van der Waals surface area (Å²) in [5, 5.41) is 10.2. The highest BCUT2D eigenvalue weighted by atomic mass is 32.2. The number of aromatic nitrogens is 2. The zero-order valence-corrected chi connectivity index (χ0v) is 12.4. The summed E-state index contributed by atoms with van der Waals surface area (Å²) in [6.45, 7) is 6.56. The summed E-state index contributed by atoms with van der Waals surface area (Å²) in [4.78, 5) is 0. The maximum atomic E-state index is 12.5. The summed E-state index contributed by atoms with van der Waals surface area (Å²) in [6, 6.07) is 0. The van der Waals surface area contributed by atoms with Crippen molar-refractivity contribution in [1.82, 2.24) is 19.8 Å². The standard InChI is InChI=1S/C12H22N4O2S/c1-3-6-13-9-11-10(2)14-15-12(11)19(17,18)16-7-4-5-8-16/h13H,3-9H2,1-2H3,(H,14,15). The molecular weight excluding hydrogens is 264 g/mol. The van der Waals surface area contributed by atoms with Crippen molar-refractivity contribution in [3.8, 4) is 0 Å². The van der Waals surface area contributed by atoms with Crippen LogP contribution in [0.4, 0.5) is 0 Å². The Bertz CT molecular complexity index is 518. The first-order chi connectivity index (χ1) is 9.07. The monoisotopic (exact) mass is 286 g/mol. The maximum absolute atomic E-state index is 12.5. The van der Waals surface area contributed by atoms with Crippen molar-refractivity contribution in [3.63, 3.8) is 0 Å². The van der Waals surface area contributed by atoms with Gasteiger partial charge in [0.05, 0.1) is 0 Å². The van der Waals surface area contributed by atoms with E-state index in [1.807, 2.05) is 6.92 Å². The summed E-state index contributed by atoms with van der Waals surface area (Å²) in [6.07, 6.45) is 2.89. The molecule has 6 nitrogen and oxygen atoms in total. The molecule has 0 aliphatic carbocycles. The molecule has 0 unspecified atom stereocenters. The molecule has 19 heavy (non-hydrogen) atoms. The lowest BCUT2D eigenvalue weighted by Gasteiger charge is -2.15. The van der Waals surface area contributed by atoms with Crippen molar-refractivity contribution >= 4 is 10.0 Å². The van der Waals surface area contributed by atoms with Gasteiger partial charge in [-0.05, 0) is 32.7 Å². The average Bonchev–Trinajstić information content (AvgIpc) is 3.00. The molecular formula is C12H22N4O2S. The summed E-state index contributed by atoms with van der Waals surface area (Å²) in [5.74, 6) is 0.